The first kappa shape index (κ1) is 38.4. The molecule has 0 radical (unpaired) electrons. The van der Waals surface area contributed by atoms with E-state index in [1.54, 1.807) is 26.2 Å². The van der Waals surface area contributed by atoms with E-state index >= 15 is 0 Å². The van der Waals surface area contributed by atoms with Gasteiger partial charge in [0.1, 0.15) is 0 Å². The molecule has 0 nitrogen and oxygen atoms in total. The third kappa shape index (κ3) is 31.3. The summed E-state index contributed by atoms with van der Waals surface area (Å²) in [5.41, 5.74) is 0. The van der Waals surface area contributed by atoms with Crippen molar-refractivity contribution in [1.29, 1.82) is 0 Å². The summed E-state index contributed by atoms with van der Waals surface area (Å²) in [7, 11) is 0. The molecule has 0 unspecified atom stereocenters. The molecule has 4 heteroatoms. The van der Waals surface area contributed by atoms with Gasteiger partial charge in [-0.05, 0) is 0 Å². The number of hydrogen-bond acceptors (Lipinski definition) is 0. The Labute approximate surface area is 230 Å². The zero-order valence-corrected chi connectivity index (χ0v) is 30.2. The second kappa shape index (κ2) is 34.7. The van der Waals surface area contributed by atoms with Crippen LogP contribution in [0.15, 0.2) is 0 Å². The van der Waals surface area contributed by atoms with E-state index in [0.717, 1.165) is 0 Å². The Hall–Kier alpha value is 3.10. The maximum Gasteiger partial charge on any atom is -0.107 e. The Morgan fingerprint density at radius 1 is 0.321 bits per heavy atom. The van der Waals surface area contributed by atoms with Gasteiger partial charge < -0.3 is 0 Å². The molecular formula is C24H56I2Sb2. The van der Waals surface area contributed by atoms with Crippen LogP contribution in [0.2, 0.25) is 26.2 Å². The summed E-state index contributed by atoms with van der Waals surface area (Å²) in [4.78, 5) is 0. The van der Waals surface area contributed by atoms with Crippen molar-refractivity contribution >= 4 is 88.4 Å². The van der Waals surface area contributed by atoms with Crippen molar-refractivity contribution in [3.8, 4) is 0 Å². The van der Waals surface area contributed by atoms with Gasteiger partial charge >= 0.3 is 185 Å². The smallest absolute Gasteiger partial charge is 0.107 e. The van der Waals surface area contributed by atoms with Gasteiger partial charge in [-0.25, -0.2) is 0 Å². The standard InChI is InChI=1S/6C4H9.2HI.2Sb/c6*1-3-4-2;;;;/h6*1,3-4H2,2H3;2*1H;;. The molecule has 0 fully saturated rings. The molecule has 0 amide bonds. The molecule has 176 valence electrons. The predicted octanol–water partition coefficient (Wildman–Crippen LogP) is 11.0. The Bertz CT molecular complexity index is 179. The molecule has 0 aromatic rings. The van der Waals surface area contributed by atoms with Gasteiger partial charge in [0.05, 0.1) is 0 Å². The van der Waals surface area contributed by atoms with E-state index in [1.165, 1.54) is 77.0 Å². The van der Waals surface area contributed by atoms with Gasteiger partial charge in [-0.1, -0.05) is 0 Å². The Kier molecular flexibility index (Phi) is 47.5. The molecule has 0 N–H and O–H groups in total. The van der Waals surface area contributed by atoms with Crippen LogP contribution in [-0.4, -0.2) is 40.4 Å². The van der Waals surface area contributed by atoms with Crippen molar-refractivity contribution < 1.29 is 0 Å². The Morgan fingerprint density at radius 3 is 0.571 bits per heavy atom. The molecule has 0 aliphatic carbocycles. The minimum atomic E-state index is -0.712. The fourth-order valence-electron chi connectivity index (χ4n) is 2.96. The molecule has 28 heavy (non-hydrogen) atoms. The van der Waals surface area contributed by atoms with Gasteiger partial charge in [-0.3, -0.25) is 0 Å². The van der Waals surface area contributed by atoms with Crippen molar-refractivity contribution in [2.24, 2.45) is 0 Å². The van der Waals surface area contributed by atoms with Crippen molar-refractivity contribution in [1.82, 2.24) is 0 Å². The molecule has 0 atom stereocenters. The van der Waals surface area contributed by atoms with Gasteiger partial charge in [0.2, 0.25) is 0 Å². The third-order valence-corrected chi connectivity index (χ3v) is 21.2. The van der Waals surface area contributed by atoms with Crippen LogP contribution in [0.4, 0.5) is 0 Å². The first-order valence-electron chi connectivity index (χ1n) is 12.1. The molecule has 0 aliphatic heterocycles. The van der Waals surface area contributed by atoms with Crippen LogP contribution in [0.5, 0.6) is 0 Å². The molecule has 0 aliphatic rings. The Morgan fingerprint density at radius 2 is 0.464 bits per heavy atom. The van der Waals surface area contributed by atoms with Crippen molar-refractivity contribution in [3.05, 3.63) is 0 Å². The summed E-state index contributed by atoms with van der Waals surface area (Å²) < 4.78 is 10.00. The molecule has 0 heterocycles. The van der Waals surface area contributed by atoms with E-state index in [1.807, 2.05) is 0 Å². The summed E-state index contributed by atoms with van der Waals surface area (Å²) in [6.07, 6.45) is 17.6. The van der Waals surface area contributed by atoms with E-state index in [2.05, 4.69) is 41.5 Å². The van der Waals surface area contributed by atoms with Gasteiger partial charge in [-0.2, -0.15) is 0 Å². The van der Waals surface area contributed by atoms with Crippen LogP contribution in [0.1, 0.15) is 119 Å². The van der Waals surface area contributed by atoms with E-state index in [9.17, 15) is 0 Å². The SMILES string of the molecule is CCC[CH2][Sb]([CH2]CCC)[CH2]CCC.CCC[CH2][Sb]([CH2]CCC)[CH2]CCC.I.I. The average molecular weight is 842 g/mol. The minimum Gasteiger partial charge on any atom is -0.107 e. The average Bonchev–Trinajstić information content (AvgIpc) is 2.67. The number of unbranched alkanes of at least 4 members (excludes halogenated alkanes) is 6. The molecule has 0 aromatic heterocycles. The van der Waals surface area contributed by atoms with E-state index in [-0.39, 0.29) is 48.0 Å². The van der Waals surface area contributed by atoms with Crippen molar-refractivity contribution in [2.45, 2.75) is 145 Å². The van der Waals surface area contributed by atoms with Gasteiger partial charge in [0.25, 0.3) is 0 Å². The first-order chi connectivity index (χ1) is 12.7. The summed E-state index contributed by atoms with van der Waals surface area (Å²) in [5.74, 6) is 0. The summed E-state index contributed by atoms with van der Waals surface area (Å²) in [5, 5.41) is 0. The van der Waals surface area contributed by atoms with Gasteiger partial charge in [0, 0.05) is 0 Å². The van der Waals surface area contributed by atoms with Gasteiger partial charge in [0.15, 0.2) is 0 Å². The maximum absolute atomic E-state index is 2.33. The van der Waals surface area contributed by atoms with Crippen LogP contribution >= 0.6 is 48.0 Å². The summed E-state index contributed by atoms with van der Waals surface area (Å²) in [6, 6.07) is 0. The summed E-state index contributed by atoms with van der Waals surface area (Å²) in [6.45, 7) is 14.0. The second-order valence-corrected chi connectivity index (χ2v) is 23.1. The van der Waals surface area contributed by atoms with Crippen LogP contribution in [0.25, 0.3) is 0 Å². The Balaban J connectivity index is -0.000000192. The van der Waals surface area contributed by atoms with Crippen molar-refractivity contribution in [2.75, 3.05) is 0 Å². The molecule has 0 spiro atoms. The fraction of sp³-hybridized carbons (Fsp3) is 1.00. The second-order valence-electron chi connectivity index (χ2n) is 7.80. The normalized spacial score (nSPS) is 10.3. The van der Waals surface area contributed by atoms with Crippen LogP contribution in [0.3, 0.4) is 0 Å². The summed E-state index contributed by atoms with van der Waals surface area (Å²) >= 11 is -1.42. The number of halogens is 2. The zero-order valence-electron chi connectivity index (χ0n) is 20.4. The zero-order chi connectivity index (χ0) is 19.9. The number of rotatable bonds is 18. The van der Waals surface area contributed by atoms with Crippen molar-refractivity contribution in [3.63, 3.8) is 0 Å². The fourth-order valence-corrected chi connectivity index (χ4v) is 19.9. The molecule has 0 bridgehead atoms. The van der Waals surface area contributed by atoms with E-state index in [4.69, 9.17) is 0 Å². The minimum absolute atomic E-state index is 0. The molecule has 0 rings (SSSR count). The van der Waals surface area contributed by atoms with Gasteiger partial charge in [-0.15, -0.1) is 48.0 Å². The molecular weight excluding hydrogens is 786 g/mol. The third-order valence-electron chi connectivity index (χ3n) is 4.97. The maximum atomic E-state index is 2.33. The molecule has 0 saturated carbocycles. The van der Waals surface area contributed by atoms with Crippen LogP contribution < -0.4 is 0 Å². The largest absolute Gasteiger partial charge is 0.107 e. The first-order valence-corrected chi connectivity index (χ1v) is 23.0. The quantitative estimate of drug-likeness (QED) is 0.0953. The molecule has 0 aromatic carbocycles. The monoisotopic (exact) mass is 840 g/mol. The van der Waals surface area contributed by atoms with Crippen LogP contribution in [0, 0.1) is 0 Å². The van der Waals surface area contributed by atoms with Crippen LogP contribution in [-0.2, 0) is 0 Å². The molecule has 0 saturated heterocycles. The predicted molar refractivity (Wildman–Crippen MR) is 161 cm³/mol. The number of hydrogen-bond donors (Lipinski definition) is 0. The topological polar surface area (TPSA) is 0 Å². The van der Waals surface area contributed by atoms with E-state index in [0.29, 0.717) is 0 Å². The van der Waals surface area contributed by atoms with E-state index < -0.39 is 40.4 Å².